The molecule has 0 unspecified atom stereocenters. The number of aromatic nitrogens is 2. The van der Waals surface area contributed by atoms with Crippen LogP contribution >= 0.6 is 0 Å². The molecule has 0 fully saturated rings. The largest absolute Gasteiger partial charge is 0.439 e. The molecule has 0 saturated heterocycles. The number of aliphatic hydroxyl groups excluding tert-OH is 1. The second-order valence-corrected chi connectivity index (χ2v) is 4.73. The van der Waals surface area contributed by atoms with Crippen molar-refractivity contribution in [3.05, 3.63) is 41.7 Å². The Morgan fingerprint density at radius 1 is 1.14 bits per heavy atom. The maximum atomic E-state index is 8.91. The lowest BCUT2D eigenvalue weighted by Gasteiger charge is -2.09. The van der Waals surface area contributed by atoms with Crippen LogP contribution in [0, 0.1) is 0 Å². The number of benzene rings is 1. The van der Waals surface area contributed by atoms with E-state index in [-0.39, 0.29) is 6.61 Å². The zero-order chi connectivity index (χ0) is 15.1. The quantitative estimate of drug-likeness (QED) is 0.819. The molecular formula is C16H21N3O2. The molecule has 0 radical (unpaired) electrons. The molecule has 0 aliphatic heterocycles. The van der Waals surface area contributed by atoms with Crippen molar-refractivity contribution in [1.82, 2.24) is 9.97 Å². The predicted molar refractivity (Wildman–Crippen MR) is 82.9 cm³/mol. The van der Waals surface area contributed by atoms with Crippen LogP contribution in [0.5, 0.6) is 11.6 Å². The summed E-state index contributed by atoms with van der Waals surface area (Å²) in [5.41, 5.74) is 1.08. The van der Waals surface area contributed by atoms with Crippen molar-refractivity contribution in [2.24, 2.45) is 0 Å². The number of hydrogen-bond acceptors (Lipinski definition) is 5. The second kappa shape index (κ2) is 7.59. The first-order valence-corrected chi connectivity index (χ1v) is 7.18. The molecule has 0 bridgehead atoms. The highest BCUT2D eigenvalue weighted by molar-refractivity contribution is 5.39. The first kappa shape index (κ1) is 15.3. The minimum absolute atomic E-state index is 0.151. The number of nitrogens with zero attached hydrogens (tertiary/aromatic N) is 2. The molecule has 1 aromatic heterocycles. The lowest BCUT2D eigenvalue weighted by atomic mass is 10.1. The number of ether oxygens (including phenoxy) is 1. The monoisotopic (exact) mass is 287 g/mol. The molecule has 2 N–H and O–H groups in total. The van der Waals surface area contributed by atoms with Crippen LogP contribution in [0.25, 0.3) is 0 Å². The summed E-state index contributed by atoms with van der Waals surface area (Å²) in [5.74, 6) is 2.78. The van der Waals surface area contributed by atoms with E-state index < -0.39 is 0 Å². The molecule has 2 aromatic rings. The number of rotatable bonds is 7. The van der Waals surface area contributed by atoms with Gasteiger partial charge in [0.05, 0.1) is 0 Å². The summed E-state index contributed by atoms with van der Waals surface area (Å²) in [6, 6.07) is 9.43. The third-order valence-electron chi connectivity index (χ3n) is 3.02. The normalized spacial score (nSPS) is 10.4. The maximum Gasteiger partial charge on any atom is 0.224 e. The highest BCUT2D eigenvalue weighted by Gasteiger charge is 2.06. The Morgan fingerprint density at radius 2 is 1.90 bits per heavy atom. The molecular weight excluding hydrogens is 266 g/mol. The van der Waals surface area contributed by atoms with Gasteiger partial charge >= 0.3 is 0 Å². The highest BCUT2D eigenvalue weighted by atomic mass is 16.5. The van der Waals surface area contributed by atoms with Crippen LogP contribution in [-0.4, -0.2) is 28.7 Å². The Balaban J connectivity index is 2.15. The minimum atomic E-state index is 0.151. The molecule has 0 aliphatic carbocycles. The van der Waals surface area contributed by atoms with Crippen LogP contribution in [0.4, 0.5) is 5.82 Å². The SMILES string of the molecule is CCCc1nc(NC)cc(Oc2ccc(CCO)cc2)n1. The van der Waals surface area contributed by atoms with Gasteiger partial charge in [-0.05, 0) is 30.5 Å². The average molecular weight is 287 g/mol. The van der Waals surface area contributed by atoms with Crippen molar-refractivity contribution >= 4 is 5.82 Å². The summed E-state index contributed by atoms with van der Waals surface area (Å²) in [7, 11) is 1.82. The Hall–Kier alpha value is -2.14. The number of hydrogen-bond donors (Lipinski definition) is 2. The zero-order valence-corrected chi connectivity index (χ0v) is 12.5. The van der Waals surface area contributed by atoms with Gasteiger partial charge in [-0.2, -0.15) is 4.98 Å². The molecule has 0 aliphatic rings. The van der Waals surface area contributed by atoms with Gasteiger partial charge in [0.2, 0.25) is 5.88 Å². The van der Waals surface area contributed by atoms with E-state index in [2.05, 4.69) is 22.2 Å². The van der Waals surface area contributed by atoms with Crippen LogP contribution in [0.2, 0.25) is 0 Å². The van der Waals surface area contributed by atoms with Gasteiger partial charge in [-0.1, -0.05) is 19.1 Å². The lowest BCUT2D eigenvalue weighted by molar-refractivity contribution is 0.299. The molecule has 0 spiro atoms. The van der Waals surface area contributed by atoms with Crippen LogP contribution in [-0.2, 0) is 12.8 Å². The molecule has 5 heteroatoms. The molecule has 0 amide bonds. The highest BCUT2D eigenvalue weighted by Crippen LogP contribution is 2.22. The Labute approximate surface area is 125 Å². The average Bonchev–Trinajstić information content (AvgIpc) is 2.49. The summed E-state index contributed by atoms with van der Waals surface area (Å²) >= 11 is 0. The molecule has 0 atom stereocenters. The van der Waals surface area contributed by atoms with Gasteiger partial charge in [0, 0.05) is 26.1 Å². The van der Waals surface area contributed by atoms with Crippen LogP contribution < -0.4 is 10.1 Å². The van der Waals surface area contributed by atoms with Gasteiger partial charge in [0.25, 0.3) is 0 Å². The van der Waals surface area contributed by atoms with Crippen LogP contribution in [0.15, 0.2) is 30.3 Å². The van der Waals surface area contributed by atoms with E-state index in [0.29, 0.717) is 12.3 Å². The Kier molecular flexibility index (Phi) is 5.51. The molecule has 0 saturated carbocycles. The third-order valence-corrected chi connectivity index (χ3v) is 3.02. The van der Waals surface area contributed by atoms with E-state index >= 15 is 0 Å². The van der Waals surface area contributed by atoms with Gasteiger partial charge < -0.3 is 15.2 Å². The number of aryl methyl sites for hydroxylation is 1. The zero-order valence-electron chi connectivity index (χ0n) is 12.5. The molecule has 112 valence electrons. The van der Waals surface area contributed by atoms with E-state index in [9.17, 15) is 0 Å². The van der Waals surface area contributed by atoms with Crippen molar-refractivity contribution in [3.8, 4) is 11.6 Å². The molecule has 5 nitrogen and oxygen atoms in total. The van der Waals surface area contributed by atoms with Gasteiger partial charge in [-0.15, -0.1) is 0 Å². The fourth-order valence-electron chi connectivity index (χ4n) is 1.96. The maximum absolute atomic E-state index is 8.91. The second-order valence-electron chi connectivity index (χ2n) is 4.73. The molecule has 21 heavy (non-hydrogen) atoms. The van der Waals surface area contributed by atoms with Crippen LogP contribution in [0.1, 0.15) is 24.7 Å². The Bertz CT molecular complexity index is 570. The summed E-state index contributed by atoms with van der Waals surface area (Å²) < 4.78 is 5.79. The van der Waals surface area contributed by atoms with E-state index in [1.807, 2.05) is 31.3 Å². The van der Waals surface area contributed by atoms with Crippen molar-refractivity contribution in [2.45, 2.75) is 26.2 Å². The summed E-state index contributed by atoms with van der Waals surface area (Å²) in [6.07, 6.45) is 2.46. The number of nitrogens with one attached hydrogen (secondary N) is 1. The summed E-state index contributed by atoms with van der Waals surface area (Å²) in [6.45, 7) is 2.24. The van der Waals surface area contributed by atoms with Crippen LogP contribution in [0.3, 0.4) is 0 Å². The van der Waals surface area contributed by atoms with E-state index in [1.165, 1.54) is 0 Å². The lowest BCUT2D eigenvalue weighted by Crippen LogP contribution is -2.02. The van der Waals surface area contributed by atoms with E-state index in [0.717, 1.165) is 35.8 Å². The van der Waals surface area contributed by atoms with Gasteiger partial charge in [0.15, 0.2) is 0 Å². The number of anilines is 1. The van der Waals surface area contributed by atoms with Crippen molar-refractivity contribution in [1.29, 1.82) is 0 Å². The minimum Gasteiger partial charge on any atom is -0.439 e. The summed E-state index contributed by atoms with van der Waals surface area (Å²) in [5, 5.41) is 11.9. The topological polar surface area (TPSA) is 67.3 Å². The standard InChI is InChI=1S/C16H21N3O2/c1-3-4-14-18-15(17-2)11-16(19-14)21-13-7-5-12(6-8-13)9-10-20/h5-8,11,20H,3-4,9-10H2,1-2H3,(H,17,18,19). The fraction of sp³-hybridized carbons (Fsp3) is 0.375. The van der Waals surface area contributed by atoms with Gasteiger partial charge in [-0.25, -0.2) is 4.98 Å². The fourth-order valence-corrected chi connectivity index (χ4v) is 1.96. The van der Waals surface area contributed by atoms with Crippen molar-refractivity contribution in [3.63, 3.8) is 0 Å². The van der Waals surface area contributed by atoms with E-state index in [1.54, 1.807) is 6.07 Å². The first-order chi connectivity index (χ1) is 10.2. The third kappa shape index (κ3) is 4.43. The van der Waals surface area contributed by atoms with Gasteiger partial charge in [-0.3, -0.25) is 0 Å². The molecule has 1 aromatic carbocycles. The smallest absolute Gasteiger partial charge is 0.224 e. The van der Waals surface area contributed by atoms with E-state index in [4.69, 9.17) is 9.84 Å². The van der Waals surface area contributed by atoms with Crippen molar-refractivity contribution in [2.75, 3.05) is 19.0 Å². The first-order valence-electron chi connectivity index (χ1n) is 7.18. The predicted octanol–water partition coefficient (Wildman–Crippen LogP) is 2.80. The Morgan fingerprint density at radius 3 is 2.52 bits per heavy atom. The van der Waals surface area contributed by atoms with Crippen molar-refractivity contribution < 1.29 is 9.84 Å². The van der Waals surface area contributed by atoms with Gasteiger partial charge in [0.1, 0.15) is 17.4 Å². The summed E-state index contributed by atoms with van der Waals surface area (Å²) in [4.78, 5) is 8.80. The molecule has 1 heterocycles. The number of aliphatic hydroxyl groups is 1. The molecule has 2 rings (SSSR count).